The van der Waals surface area contributed by atoms with Crippen LogP contribution in [0.4, 0.5) is 0 Å². The summed E-state index contributed by atoms with van der Waals surface area (Å²) in [5, 5.41) is 14.5. The number of fused-ring (bicyclic) bond motifs is 2. The summed E-state index contributed by atoms with van der Waals surface area (Å²) in [4.78, 5) is 19.6. The van der Waals surface area contributed by atoms with Crippen molar-refractivity contribution in [1.29, 1.82) is 0 Å². The molecule has 1 aromatic heterocycles. The first-order valence-electron chi connectivity index (χ1n) is 9.20. The fourth-order valence-corrected chi connectivity index (χ4v) is 4.11. The second-order valence-corrected chi connectivity index (χ2v) is 7.16. The van der Waals surface area contributed by atoms with Crippen LogP contribution in [0.15, 0.2) is 24.5 Å². The van der Waals surface area contributed by atoms with Gasteiger partial charge in [0.2, 0.25) is 5.91 Å². The topological polar surface area (TPSA) is 87.2 Å². The van der Waals surface area contributed by atoms with Gasteiger partial charge in [-0.25, -0.2) is 0 Å². The first-order valence-corrected chi connectivity index (χ1v) is 9.20. The number of piperazine rings is 1. The van der Waals surface area contributed by atoms with Gasteiger partial charge >= 0.3 is 0 Å². The minimum atomic E-state index is -0.591. The second-order valence-electron chi connectivity index (χ2n) is 7.16. The maximum Gasteiger partial charge on any atom is 0.219 e. The van der Waals surface area contributed by atoms with Gasteiger partial charge in [-0.2, -0.15) is 0 Å². The third-order valence-electron chi connectivity index (χ3n) is 5.60. The Kier molecular flexibility index (Phi) is 5.19. The van der Waals surface area contributed by atoms with Crippen molar-refractivity contribution in [3.05, 3.63) is 30.1 Å². The Morgan fingerprint density at radius 2 is 2.04 bits per heavy atom. The molecule has 2 N–H and O–H groups in total. The molecule has 26 heavy (non-hydrogen) atoms. The number of aliphatic hydroxyl groups is 1. The lowest BCUT2D eigenvalue weighted by Gasteiger charge is -2.46. The van der Waals surface area contributed by atoms with Crippen molar-refractivity contribution in [3.63, 3.8) is 0 Å². The van der Waals surface area contributed by atoms with Gasteiger partial charge in [0.25, 0.3) is 0 Å². The maximum absolute atomic E-state index is 11.5. The van der Waals surface area contributed by atoms with E-state index in [0.29, 0.717) is 39.3 Å². The van der Waals surface area contributed by atoms with Crippen LogP contribution in [-0.2, 0) is 20.8 Å². The predicted octanol–water partition coefficient (Wildman–Crippen LogP) is -0.811. The van der Waals surface area contributed by atoms with Crippen molar-refractivity contribution in [2.75, 3.05) is 32.8 Å². The molecule has 0 aliphatic carbocycles. The molecule has 0 spiro atoms. The molecule has 1 aromatic rings. The van der Waals surface area contributed by atoms with Gasteiger partial charge in [-0.05, 0) is 17.7 Å². The third kappa shape index (κ3) is 3.47. The number of aromatic nitrogens is 1. The fraction of sp³-hybridized carbons (Fsp3) is 0.667. The minimum Gasteiger partial charge on any atom is -0.390 e. The van der Waals surface area contributed by atoms with Gasteiger partial charge in [0.1, 0.15) is 6.10 Å². The Balaban J connectivity index is 1.42. The van der Waals surface area contributed by atoms with Crippen LogP contribution in [0, 0.1) is 0 Å². The molecule has 1 amide bonds. The molecule has 0 saturated carbocycles. The molecule has 0 unspecified atom stereocenters. The van der Waals surface area contributed by atoms with Crippen molar-refractivity contribution < 1.29 is 19.4 Å². The zero-order valence-electron chi connectivity index (χ0n) is 15.0. The third-order valence-corrected chi connectivity index (χ3v) is 5.60. The lowest BCUT2D eigenvalue weighted by atomic mass is 9.94. The summed E-state index contributed by atoms with van der Waals surface area (Å²) in [6.45, 7) is 5.49. The van der Waals surface area contributed by atoms with E-state index in [9.17, 15) is 9.90 Å². The SMILES string of the molecule is CC(=O)N1CCN([C@H]2[C@@H]3OC[C@@H](O3)[C@@H](NCc3ccncc3)[C@@H]2O)CC1. The van der Waals surface area contributed by atoms with E-state index in [-0.39, 0.29) is 24.1 Å². The van der Waals surface area contributed by atoms with Crippen LogP contribution in [0.1, 0.15) is 12.5 Å². The molecule has 8 nitrogen and oxygen atoms in total. The second kappa shape index (κ2) is 7.58. The summed E-state index contributed by atoms with van der Waals surface area (Å²) >= 11 is 0. The average Bonchev–Trinajstić information content (AvgIpc) is 3.08. The van der Waals surface area contributed by atoms with E-state index in [1.54, 1.807) is 19.3 Å². The number of nitrogens with zero attached hydrogens (tertiary/aromatic N) is 3. The molecule has 4 heterocycles. The van der Waals surface area contributed by atoms with Gasteiger partial charge in [0.15, 0.2) is 6.29 Å². The highest BCUT2D eigenvalue weighted by molar-refractivity contribution is 5.73. The Morgan fingerprint density at radius 1 is 1.31 bits per heavy atom. The van der Waals surface area contributed by atoms with Gasteiger partial charge in [-0.3, -0.25) is 14.7 Å². The molecule has 5 atom stereocenters. The van der Waals surface area contributed by atoms with Crippen LogP contribution in [0.25, 0.3) is 0 Å². The van der Waals surface area contributed by atoms with Crippen LogP contribution >= 0.6 is 0 Å². The molecule has 0 radical (unpaired) electrons. The quantitative estimate of drug-likeness (QED) is 0.724. The number of amides is 1. The zero-order chi connectivity index (χ0) is 18.1. The highest BCUT2D eigenvalue weighted by atomic mass is 16.7. The summed E-state index contributed by atoms with van der Waals surface area (Å²) in [6.07, 6.45) is 2.38. The molecular formula is C18H26N4O4. The summed E-state index contributed by atoms with van der Waals surface area (Å²) in [7, 11) is 0. The largest absolute Gasteiger partial charge is 0.390 e. The number of hydrogen-bond acceptors (Lipinski definition) is 7. The van der Waals surface area contributed by atoms with Crippen molar-refractivity contribution >= 4 is 5.91 Å². The molecule has 2 bridgehead atoms. The molecule has 3 saturated heterocycles. The van der Waals surface area contributed by atoms with Gasteiger partial charge in [0.05, 0.1) is 24.8 Å². The lowest BCUT2D eigenvalue weighted by Crippen LogP contribution is -2.66. The van der Waals surface area contributed by atoms with Gasteiger partial charge in [-0.1, -0.05) is 0 Å². The van der Waals surface area contributed by atoms with Crippen LogP contribution in [0.2, 0.25) is 0 Å². The standard InChI is InChI=1S/C18H26N4O4/c1-12(23)21-6-8-22(9-7-21)16-17(24)15(14-11-25-18(16)26-14)20-10-13-2-4-19-5-3-13/h2-5,14-18,20,24H,6-11H2,1H3/t14-,15-,16-,17+,18-/m1/s1. The predicted molar refractivity (Wildman–Crippen MR) is 93.1 cm³/mol. The smallest absolute Gasteiger partial charge is 0.219 e. The van der Waals surface area contributed by atoms with E-state index >= 15 is 0 Å². The van der Waals surface area contributed by atoms with Gasteiger partial charge in [-0.15, -0.1) is 0 Å². The highest BCUT2D eigenvalue weighted by Crippen LogP contribution is 2.32. The van der Waals surface area contributed by atoms with Crippen molar-refractivity contribution in [1.82, 2.24) is 20.1 Å². The van der Waals surface area contributed by atoms with Crippen LogP contribution in [0.3, 0.4) is 0 Å². The number of carbonyl (C=O) groups is 1. The van der Waals surface area contributed by atoms with E-state index in [4.69, 9.17) is 9.47 Å². The molecule has 142 valence electrons. The number of rotatable bonds is 4. The number of aliphatic hydroxyl groups excluding tert-OH is 1. The van der Waals surface area contributed by atoms with Crippen LogP contribution in [0.5, 0.6) is 0 Å². The van der Waals surface area contributed by atoms with Crippen LogP contribution in [-0.4, -0.2) is 89.2 Å². The van der Waals surface area contributed by atoms with E-state index < -0.39 is 12.4 Å². The Morgan fingerprint density at radius 3 is 2.73 bits per heavy atom. The van der Waals surface area contributed by atoms with Crippen molar-refractivity contribution in [3.8, 4) is 0 Å². The summed E-state index contributed by atoms with van der Waals surface area (Å²) in [5.41, 5.74) is 1.11. The Labute approximate surface area is 153 Å². The molecule has 8 heteroatoms. The highest BCUT2D eigenvalue weighted by Gasteiger charge is 2.52. The van der Waals surface area contributed by atoms with Gasteiger partial charge in [0, 0.05) is 52.0 Å². The molecular weight excluding hydrogens is 336 g/mol. The zero-order valence-corrected chi connectivity index (χ0v) is 15.0. The van der Waals surface area contributed by atoms with Gasteiger partial charge < -0.3 is 24.8 Å². The minimum absolute atomic E-state index is 0.0965. The molecule has 3 fully saturated rings. The monoisotopic (exact) mass is 362 g/mol. The molecule has 3 aliphatic rings. The fourth-order valence-electron chi connectivity index (χ4n) is 4.11. The van der Waals surface area contributed by atoms with Crippen molar-refractivity contribution in [2.24, 2.45) is 0 Å². The van der Waals surface area contributed by atoms with Crippen molar-refractivity contribution in [2.45, 2.75) is 44.1 Å². The Bertz CT molecular complexity index is 623. The maximum atomic E-state index is 11.5. The number of ether oxygens (including phenoxy) is 2. The number of carbonyl (C=O) groups excluding carboxylic acids is 1. The summed E-state index contributed by atoms with van der Waals surface area (Å²) in [6, 6.07) is 3.49. The normalized spacial score (nSPS) is 34.8. The summed E-state index contributed by atoms with van der Waals surface area (Å²) < 4.78 is 11.8. The molecule has 0 aromatic carbocycles. The first-order chi connectivity index (χ1) is 12.6. The van der Waals surface area contributed by atoms with E-state index in [0.717, 1.165) is 5.56 Å². The Hall–Kier alpha value is -1.58. The molecule has 4 rings (SSSR count). The lowest BCUT2D eigenvalue weighted by molar-refractivity contribution is -0.186. The number of hydrogen-bond donors (Lipinski definition) is 2. The average molecular weight is 362 g/mol. The van der Waals surface area contributed by atoms with E-state index in [1.807, 2.05) is 17.0 Å². The van der Waals surface area contributed by atoms with Crippen LogP contribution < -0.4 is 5.32 Å². The van der Waals surface area contributed by atoms with E-state index in [1.165, 1.54) is 0 Å². The van der Waals surface area contributed by atoms with E-state index in [2.05, 4.69) is 15.2 Å². The number of nitrogens with one attached hydrogen (secondary N) is 1. The summed E-state index contributed by atoms with van der Waals surface area (Å²) in [5.74, 6) is 0.0965. The molecule has 3 aliphatic heterocycles. The number of pyridine rings is 1. The first kappa shape index (κ1) is 17.8.